The zero-order chi connectivity index (χ0) is 12.5. The number of likely N-dealkylation sites (tertiary alicyclic amines) is 1. The summed E-state index contributed by atoms with van der Waals surface area (Å²) < 4.78 is 5.09. The van der Waals surface area contributed by atoms with Gasteiger partial charge in [0.25, 0.3) is 0 Å². The van der Waals surface area contributed by atoms with E-state index in [-0.39, 0.29) is 5.69 Å². The number of piperidine rings is 1. The molecule has 1 unspecified atom stereocenters. The Morgan fingerprint density at radius 1 is 1.65 bits per heavy atom. The van der Waals surface area contributed by atoms with Crippen molar-refractivity contribution < 1.29 is 19.2 Å². The van der Waals surface area contributed by atoms with Crippen LogP contribution in [0, 0.1) is 0 Å². The van der Waals surface area contributed by atoms with Crippen LogP contribution in [0.5, 0.6) is 0 Å². The number of carboxylic acid groups (broad SMARTS) is 1. The first-order valence-corrected chi connectivity index (χ1v) is 5.51. The monoisotopic (exact) mass is 238 g/mol. The van der Waals surface area contributed by atoms with E-state index in [0.717, 1.165) is 12.8 Å². The topological polar surface area (TPSA) is 83.6 Å². The lowest BCUT2D eigenvalue weighted by Gasteiger charge is -2.41. The summed E-state index contributed by atoms with van der Waals surface area (Å²) in [5.41, 5.74) is -0.532. The molecule has 6 nitrogen and oxygen atoms in total. The van der Waals surface area contributed by atoms with Gasteiger partial charge in [0.2, 0.25) is 0 Å². The van der Waals surface area contributed by atoms with Gasteiger partial charge < -0.3 is 9.63 Å². The minimum atomic E-state index is -0.976. The molecule has 1 aromatic rings. The van der Waals surface area contributed by atoms with E-state index in [1.165, 1.54) is 11.0 Å². The number of hydrogen-bond acceptors (Lipinski definition) is 4. The summed E-state index contributed by atoms with van der Waals surface area (Å²) in [7, 11) is 0. The molecule has 0 bridgehead atoms. The zero-order valence-electron chi connectivity index (χ0n) is 9.55. The highest BCUT2D eigenvalue weighted by Crippen LogP contribution is 2.37. The Bertz CT molecular complexity index is 442. The van der Waals surface area contributed by atoms with Gasteiger partial charge in [-0.1, -0.05) is 5.16 Å². The molecular formula is C11H14N2O4. The van der Waals surface area contributed by atoms with E-state index in [1.54, 1.807) is 6.92 Å². The molecule has 1 aliphatic heterocycles. The minimum Gasteiger partial charge on any atom is -0.465 e. The average molecular weight is 238 g/mol. The molecule has 1 aromatic heterocycles. The Balaban J connectivity index is 2.36. The highest BCUT2D eigenvalue weighted by molar-refractivity contribution is 5.72. The summed E-state index contributed by atoms with van der Waals surface area (Å²) in [6.07, 6.45) is 2.06. The summed E-state index contributed by atoms with van der Waals surface area (Å²) in [5.74, 6) is 0.432. The second-order valence-corrected chi connectivity index (χ2v) is 4.40. The fourth-order valence-corrected chi connectivity index (χ4v) is 2.28. The maximum atomic E-state index is 11.2. The van der Waals surface area contributed by atoms with E-state index in [2.05, 4.69) is 5.16 Å². The molecule has 0 aliphatic carbocycles. The van der Waals surface area contributed by atoms with Gasteiger partial charge in [-0.15, -0.1) is 0 Å². The number of hydrogen-bond donors (Lipinski definition) is 1. The molecule has 1 atom stereocenters. The van der Waals surface area contributed by atoms with Crippen LogP contribution in [0.15, 0.2) is 10.6 Å². The Kier molecular flexibility index (Phi) is 2.87. The van der Waals surface area contributed by atoms with Crippen molar-refractivity contribution in [3.63, 3.8) is 0 Å². The van der Waals surface area contributed by atoms with Crippen molar-refractivity contribution in [3.8, 4) is 0 Å². The third-order valence-electron chi connectivity index (χ3n) is 3.30. The Morgan fingerprint density at radius 2 is 2.41 bits per heavy atom. The SMILES string of the molecule is CC1(c2cc(C=O)no2)CCCCN1C(=O)O. The standard InChI is InChI=1S/C11H14N2O4/c1-11(9-6-8(7-14)12-17-9)4-2-3-5-13(11)10(15)16/h6-7H,2-5H2,1H3,(H,15,16). The predicted molar refractivity (Wildman–Crippen MR) is 57.8 cm³/mol. The molecule has 1 aliphatic rings. The van der Waals surface area contributed by atoms with Gasteiger partial charge >= 0.3 is 6.09 Å². The van der Waals surface area contributed by atoms with E-state index in [9.17, 15) is 14.7 Å². The quantitative estimate of drug-likeness (QED) is 0.795. The highest BCUT2D eigenvalue weighted by atomic mass is 16.5. The second-order valence-electron chi connectivity index (χ2n) is 4.40. The van der Waals surface area contributed by atoms with Gasteiger partial charge in [0.1, 0.15) is 11.2 Å². The molecule has 2 rings (SSSR count). The molecule has 0 spiro atoms. The summed E-state index contributed by atoms with van der Waals surface area (Å²) in [5, 5.41) is 12.8. The third kappa shape index (κ3) is 1.90. The number of aromatic nitrogens is 1. The van der Waals surface area contributed by atoms with Gasteiger partial charge in [0.15, 0.2) is 12.0 Å². The number of amides is 1. The maximum Gasteiger partial charge on any atom is 0.408 e. The Hall–Kier alpha value is -1.85. The first-order chi connectivity index (χ1) is 8.08. The van der Waals surface area contributed by atoms with Crippen molar-refractivity contribution in [2.24, 2.45) is 0 Å². The highest BCUT2D eigenvalue weighted by Gasteiger charge is 2.42. The predicted octanol–water partition coefficient (Wildman–Crippen LogP) is 1.87. The molecule has 2 heterocycles. The number of nitrogens with zero attached hydrogens (tertiary/aromatic N) is 2. The second kappa shape index (κ2) is 4.20. The number of aldehydes is 1. The molecule has 17 heavy (non-hydrogen) atoms. The van der Waals surface area contributed by atoms with E-state index in [4.69, 9.17) is 4.52 Å². The lowest BCUT2D eigenvalue weighted by atomic mass is 9.86. The average Bonchev–Trinajstić information content (AvgIpc) is 2.78. The first kappa shape index (κ1) is 11.6. The van der Waals surface area contributed by atoms with Crippen LogP contribution in [0.3, 0.4) is 0 Å². The van der Waals surface area contributed by atoms with Crippen LogP contribution in [0.4, 0.5) is 4.79 Å². The van der Waals surface area contributed by atoms with E-state index in [0.29, 0.717) is 25.0 Å². The van der Waals surface area contributed by atoms with Gasteiger partial charge in [-0.25, -0.2) is 4.79 Å². The molecule has 1 amide bonds. The molecule has 1 fully saturated rings. The first-order valence-electron chi connectivity index (χ1n) is 5.51. The lowest BCUT2D eigenvalue weighted by Crippen LogP contribution is -2.49. The normalized spacial score (nSPS) is 24.6. The summed E-state index contributed by atoms with van der Waals surface area (Å²) >= 11 is 0. The van der Waals surface area contributed by atoms with Gasteiger partial charge in [-0.05, 0) is 26.2 Å². The number of carbonyl (C=O) groups is 2. The van der Waals surface area contributed by atoms with Crippen molar-refractivity contribution in [1.82, 2.24) is 10.1 Å². The minimum absolute atomic E-state index is 0.192. The molecule has 92 valence electrons. The third-order valence-corrected chi connectivity index (χ3v) is 3.30. The van der Waals surface area contributed by atoms with Crippen LogP contribution in [0.25, 0.3) is 0 Å². The largest absolute Gasteiger partial charge is 0.465 e. The van der Waals surface area contributed by atoms with Crippen LogP contribution >= 0.6 is 0 Å². The molecule has 0 radical (unpaired) electrons. The fourth-order valence-electron chi connectivity index (χ4n) is 2.28. The lowest BCUT2D eigenvalue weighted by molar-refractivity contribution is 0.0386. The van der Waals surface area contributed by atoms with Gasteiger partial charge in [0, 0.05) is 12.6 Å². The fraction of sp³-hybridized carbons (Fsp3) is 0.545. The summed E-state index contributed by atoms with van der Waals surface area (Å²) in [6.45, 7) is 2.28. The van der Waals surface area contributed by atoms with Crippen LogP contribution < -0.4 is 0 Å². The molecule has 6 heteroatoms. The van der Waals surface area contributed by atoms with E-state index in [1.807, 2.05) is 0 Å². The van der Waals surface area contributed by atoms with Crippen molar-refractivity contribution in [1.29, 1.82) is 0 Å². The Morgan fingerprint density at radius 3 is 3.00 bits per heavy atom. The van der Waals surface area contributed by atoms with Crippen LogP contribution in [0.1, 0.15) is 42.4 Å². The molecule has 0 aromatic carbocycles. The number of carbonyl (C=O) groups excluding carboxylic acids is 1. The van der Waals surface area contributed by atoms with Gasteiger partial charge in [-0.2, -0.15) is 0 Å². The number of rotatable bonds is 2. The van der Waals surface area contributed by atoms with E-state index < -0.39 is 11.6 Å². The molecule has 1 N–H and O–H groups in total. The molecular weight excluding hydrogens is 224 g/mol. The van der Waals surface area contributed by atoms with Gasteiger partial charge in [0.05, 0.1) is 0 Å². The van der Waals surface area contributed by atoms with Crippen LogP contribution in [-0.4, -0.2) is 34.1 Å². The van der Waals surface area contributed by atoms with Crippen molar-refractivity contribution in [2.45, 2.75) is 31.7 Å². The zero-order valence-corrected chi connectivity index (χ0v) is 9.55. The summed E-state index contributed by atoms with van der Waals surface area (Å²) in [4.78, 5) is 23.1. The maximum absolute atomic E-state index is 11.2. The van der Waals surface area contributed by atoms with Crippen molar-refractivity contribution in [2.75, 3.05) is 6.54 Å². The van der Waals surface area contributed by atoms with Crippen molar-refractivity contribution >= 4 is 12.4 Å². The Labute approximate surface area is 98.2 Å². The van der Waals surface area contributed by atoms with Crippen LogP contribution in [-0.2, 0) is 5.54 Å². The molecule has 1 saturated heterocycles. The van der Waals surface area contributed by atoms with Crippen molar-refractivity contribution in [3.05, 3.63) is 17.5 Å². The molecule has 0 saturated carbocycles. The summed E-state index contributed by atoms with van der Waals surface area (Å²) in [6, 6.07) is 1.51. The smallest absolute Gasteiger partial charge is 0.408 e. The van der Waals surface area contributed by atoms with Gasteiger partial charge in [-0.3, -0.25) is 9.69 Å². The van der Waals surface area contributed by atoms with E-state index >= 15 is 0 Å². The van der Waals surface area contributed by atoms with Crippen LogP contribution in [0.2, 0.25) is 0 Å².